The molecule has 2 saturated carbocycles. The first kappa shape index (κ1) is 13.0. The largest absolute Gasteiger partial charge is 0.349 e. The van der Waals surface area contributed by atoms with Gasteiger partial charge in [-0.1, -0.05) is 36.2 Å². The second-order valence-corrected chi connectivity index (χ2v) is 6.44. The van der Waals surface area contributed by atoms with E-state index in [0.717, 1.165) is 22.9 Å². The van der Waals surface area contributed by atoms with E-state index < -0.39 is 0 Å². The van der Waals surface area contributed by atoms with Crippen LogP contribution in [0.5, 0.6) is 0 Å². The number of amides is 1. The van der Waals surface area contributed by atoms with E-state index in [2.05, 4.69) is 5.32 Å². The molecule has 1 N–H and O–H groups in total. The smallest absolute Gasteiger partial charge is 0.223 e. The molecule has 0 aromatic heterocycles. The summed E-state index contributed by atoms with van der Waals surface area (Å²) in [6.45, 7) is 2.01. The van der Waals surface area contributed by atoms with Gasteiger partial charge in [-0.3, -0.25) is 4.79 Å². The number of hydrogen-bond donors (Lipinski definition) is 1. The zero-order valence-electron chi connectivity index (χ0n) is 11.2. The van der Waals surface area contributed by atoms with E-state index in [1.807, 2.05) is 31.2 Å². The van der Waals surface area contributed by atoms with Gasteiger partial charge in [0.15, 0.2) is 0 Å². The Morgan fingerprint density at radius 2 is 2.11 bits per heavy atom. The van der Waals surface area contributed by atoms with Crippen molar-refractivity contribution < 1.29 is 4.79 Å². The number of nitrogens with one attached hydrogen (secondary N) is 1. The lowest BCUT2D eigenvalue weighted by Crippen LogP contribution is -2.35. The minimum atomic E-state index is -0.0136. The summed E-state index contributed by atoms with van der Waals surface area (Å²) in [5, 5.41) is 3.87. The molecule has 2 aliphatic rings. The van der Waals surface area contributed by atoms with Gasteiger partial charge in [0.1, 0.15) is 0 Å². The lowest BCUT2D eigenvalue weighted by atomic mass is 9.88. The molecule has 1 amide bonds. The Morgan fingerprint density at radius 3 is 2.74 bits per heavy atom. The standard InChI is InChI=1S/C16H20ClNO/c1-10(13-4-2-3-5-15(13)17)18-16(19)14-9-11-6-7-12(14)8-11/h2-5,10-12,14H,6-9H2,1H3,(H,18,19). The molecule has 19 heavy (non-hydrogen) atoms. The Bertz CT molecular complexity index is 487. The summed E-state index contributed by atoms with van der Waals surface area (Å²) in [6, 6.07) is 7.71. The van der Waals surface area contributed by atoms with Gasteiger partial charge in [-0.15, -0.1) is 0 Å². The Labute approximate surface area is 119 Å². The third-order valence-electron chi connectivity index (χ3n) is 4.81. The maximum atomic E-state index is 12.4. The Hall–Kier alpha value is -1.02. The van der Waals surface area contributed by atoms with Crippen LogP contribution in [0.1, 0.15) is 44.2 Å². The van der Waals surface area contributed by atoms with Crippen molar-refractivity contribution in [2.24, 2.45) is 17.8 Å². The number of carbonyl (C=O) groups excluding carboxylic acids is 1. The van der Waals surface area contributed by atoms with Gasteiger partial charge in [0.2, 0.25) is 5.91 Å². The van der Waals surface area contributed by atoms with Crippen molar-refractivity contribution in [3.63, 3.8) is 0 Å². The molecule has 0 heterocycles. The molecule has 0 aliphatic heterocycles. The highest BCUT2D eigenvalue weighted by atomic mass is 35.5. The average Bonchev–Trinajstić information content (AvgIpc) is 3.01. The number of carbonyl (C=O) groups is 1. The first-order valence-electron chi connectivity index (χ1n) is 7.20. The Kier molecular flexibility index (Phi) is 3.53. The van der Waals surface area contributed by atoms with Crippen LogP contribution in [0.15, 0.2) is 24.3 Å². The first-order chi connectivity index (χ1) is 9.15. The van der Waals surface area contributed by atoms with E-state index in [4.69, 9.17) is 11.6 Å². The highest BCUT2D eigenvalue weighted by molar-refractivity contribution is 6.31. The monoisotopic (exact) mass is 277 g/mol. The topological polar surface area (TPSA) is 29.1 Å². The summed E-state index contributed by atoms with van der Waals surface area (Å²) < 4.78 is 0. The molecule has 4 unspecified atom stereocenters. The van der Waals surface area contributed by atoms with Crippen LogP contribution in [0.2, 0.25) is 5.02 Å². The summed E-state index contributed by atoms with van der Waals surface area (Å²) >= 11 is 6.17. The van der Waals surface area contributed by atoms with Crippen molar-refractivity contribution in [3.05, 3.63) is 34.9 Å². The van der Waals surface area contributed by atoms with Crippen molar-refractivity contribution in [1.29, 1.82) is 0 Å². The van der Waals surface area contributed by atoms with Gasteiger partial charge in [-0.25, -0.2) is 0 Å². The third kappa shape index (κ3) is 2.51. The minimum Gasteiger partial charge on any atom is -0.349 e. The first-order valence-corrected chi connectivity index (χ1v) is 7.57. The lowest BCUT2D eigenvalue weighted by molar-refractivity contribution is -0.127. The average molecular weight is 278 g/mol. The lowest BCUT2D eigenvalue weighted by Gasteiger charge is -2.23. The molecule has 1 aromatic rings. The van der Waals surface area contributed by atoms with E-state index in [1.54, 1.807) is 0 Å². The van der Waals surface area contributed by atoms with Gasteiger partial charge in [-0.2, -0.15) is 0 Å². The second-order valence-electron chi connectivity index (χ2n) is 6.03. The summed E-state index contributed by atoms with van der Waals surface area (Å²) in [4.78, 5) is 12.4. The quantitative estimate of drug-likeness (QED) is 0.890. The molecule has 1 aromatic carbocycles. The maximum Gasteiger partial charge on any atom is 0.223 e. The Balaban J connectivity index is 1.65. The number of benzene rings is 1. The molecule has 102 valence electrons. The summed E-state index contributed by atoms with van der Waals surface area (Å²) in [7, 11) is 0. The number of rotatable bonds is 3. The molecule has 0 radical (unpaired) electrons. The van der Waals surface area contributed by atoms with Gasteiger partial charge >= 0.3 is 0 Å². The molecule has 3 heteroatoms. The van der Waals surface area contributed by atoms with Crippen molar-refractivity contribution in [2.45, 2.75) is 38.6 Å². The van der Waals surface area contributed by atoms with Crippen molar-refractivity contribution in [2.75, 3.05) is 0 Å². The predicted molar refractivity (Wildman–Crippen MR) is 76.9 cm³/mol. The van der Waals surface area contributed by atoms with Gasteiger partial charge in [-0.05, 0) is 49.7 Å². The van der Waals surface area contributed by atoms with E-state index >= 15 is 0 Å². The molecule has 2 aliphatic carbocycles. The van der Waals surface area contributed by atoms with Crippen molar-refractivity contribution in [1.82, 2.24) is 5.32 Å². The summed E-state index contributed by atoms with van der Waals surface area (Å²) in [6.07, 6.45) is 4.92. The highest BCUT2D eigenvalue weighted by Gasteiger charge is 2.43. The molecular formula is C16H20ClNO. The number of hydrogen-bond acceptors (Lipinski definition) is 1. The van der Waals surface area contributed by atoms with Crippen LogP contribution in [0.25, 0.3) is 0 Å². The van der Waals surface area contributed by atoms with E-state index in [-0.39, 0.29) is 17.9 Å². The molecule has 0 saturated heterocycles. The fourth-order valence-corrected chi connectivity index (χ4v) is 4.09. The minimum absolute atomic E-state index is 0.0136. The molecule has 2 bridgehead atoms. The summed E-state index contributed by atoms with van der Waals surface area (Å²) in [5.74, 6) is 1.89. The zero-order chi connectivity index (χ0) is 13.4. The normalized spacial score (nSPS) is 30.3. The maximum absolute atomic E-state index is 12.4. The van der Waals surface area contributed by atoms with Crippen LogP contribution >= 0.6 is 11.6 Å². The van der Waals surface area contributed by atoms with Crippen molar-refractivity contribution >= 4 is 17.5 Å². The van der Waals surface area contributed by atoms with Gasteiger partial charge < -0.3 is 5.32 Å². The van der Waals surface area contributed by atoms with Gasteiger partial charge in [0, 0.05) is 10.9 Å². The van der Waals surface area contributed by atoms with E-state index in [1.165, 1.54) is 19.3 Å². The van der Waals surface area contributed by atoms with Crippen molar-refractivity contribution in [3.8, 4) is 0 Å². The second kappa shape index (κ2) is 5.16. The molecular weight excluding hydrogens is 258 g/mol. The third-order valence-corrected chi connectivity index (χ3v) is 5.15. The van der Waals surface area contributed by atoms with Crippen LogP contribution in [0.3, 0.4) is 0 Å². The van der Waals surface area contributed by atoms with Crippen LogP contribution in [0, 0.1) is 17.8 Å². The molecule has 2 nitrogen and oxygen atoms in total. The molecule has 2 fully saturated rings. The SMILES string of the molecule is CC(NC(=O)C1CC2CCC1C2)c1ccccc1Cl. The fourth-order valence-electron chi connectivity index (χ4n) is 3.79. The van der Waals surface area contributed by atoms with Crippen LogP contribution in [0.4, 0.5) is 0 Å². The summed E-state index contributed by atoms with van der Waals surface area (Å²) in [5.41, 5.74) is 1.00. The fraction of sp³-hybridized carbons (Fsp3) is 0.562. The van der Waals surface area contributed by atoms with Gasteiger partial charge in [0.25, 0.3) is 0 Å². The Morgan fingerprint density at radius 1 is 1.32 bits per heavy atom. The van der Waals surface area contributed by atoms with Crippen LogP contribution in [-0.4, -0.2) is 5.91 Å². The zero-order valence-corrected chi connectivity index (χ0v) is 12.0. The molecule has 0 spiro atoms. The highest BCUT2D eigenvalue weighted by Crippen LogP contribution is 2.48. The predicted octanol–water partition coefficient (Wildman–Crippen LogP) is 3.95. The molecule has 4 atom stereocenters. The van der Waals surface area contributed by atoms with E-state index in [0.29, 0.717) is 5.92 Å². The van der Waals surface area contributed by atoms with E-state index in [9.17, 15) is 4.79 Å². The number of fused-ring (bicyclic) bond motifs is 2. The van der Waals surface area contributed by atoms with Crippen LogP contribution in [-0.2, 0) is 4.79 Å². The van der Waals surface area contributed by atoms with Crippen LogP contribution < -0.4 is 5.32 Å². The number of halogens is 1. The molecule has 3 rings (SSSR count). The van der Waals surface area contributed by atoms with Gasteiger partial charge in [0.05, 0.1) is 6.04 Å².